The van der Waals surface area contributed by atoms with Crippen LogP contribution < -0.4 is 0 Å². The molecule has 84 valence electrons. The van der Waals surface area contributed by atoms with Crippen LogP contribution in [0.5, 0.6) is 0 Å². The van der Waals surface area contributed by atoms with Gasteiger partial charge in [0.2, 0.25) is 0 Å². The summed E-state index contributed by atoms with van der Waals surface area (Å²) in [6.07, 6.45) is 3.82. The van der Waals surface area contributed by atoms with Crippen molar-refractivity contribution in [3.05, 3.63) is 38.0 Å². The molecule has 4 heteroatoms. The number of allylic oxidation sites excluding steroid dienone is 1. The van der Waals surface area contributed by atoms with Gasteiger partial charge in [0.1, 0.15) is 13.2 Å². The molecule has 4 nitrogen and oxygen atoms in total. The zero-order chi connectivity index (χ0) is 12.1. The van der Waals surface area contributed by atoms with Crippen molar-refractivity contribution >= 4 is 11.9 Å². The third-order valence-corrected chi connectivity index (χ3v) is 0.905. The summed E-state index contributed by atoms with van der Waals surface area (Å²) in [5.41, 5.74) is 0. The molecule has 0 heterocycles. The minimum absolute atomic E-state index is 0.0322. The van der Waals surface area contributed by atoms with Crippen LogP contribution in [0.3, 0.4) is 0 Å². The molecule has 0 aromatic rings. The van der Waals surface area contributed by atoms with Crippen molar-refractivity contribution in [2.45, 2.75) is 6.92 Å². The van der Waals surface area contributed by atoms with E-state index < -0.39 is 11.9 Å². The molecule has 0 fully saturated rings. The van der Waals surface area contributed by atoms with E-state index in [4.69, 9.17) is 0 Å². The lowest BCUT2D eigenvalue weighted by Gasteiger charge is -2.01. The van der Waals surface area contributed by atoms with Gasteiger partial charge in [0, 0.05) is 12.2 Å². The predicted octanol–water partition coefficient (Wildman–Crippen LogP) is 1.64. The first-order valence-corrected chi connectivity index (χ1v) is 4.27. The van der Waals surface area contributed by atoms with Gasteiger partial charge in [-0.2, -0.15) is 0 Å². The van der Waals surface area contributed by atoms with Crippen LogP contribution in [0, 0.1) is 0 Å². The van der Waals surface area contributed by atoms with Crippen molar-refractivity contribution in [1.82, 2.24) is 0 Å². The van der Waals surface area contributed by atoms with Crippen LogP contribution in [0.15, 0.2) is 38.0 Å². The SMILES string of the molecule is C=CC.C=CC(=O)OCCOC(=O)C=C. The Labute approximate surface area is 89.9 Å². The molecule has 0 unspecified atom stereocenters. The standard InChI is InChI=1S/C8H10O4.C3H6/c1-3-7(9)11-5-6-12-8(10)4-2;1-3-2/h3-4H,1-2,5-6H2;3H,1H2,2H3. The second-order valence-electron chi connectivity index (χ2n) is 2.15. The second kappa shape index (κ2) is 12.2. The first kappa shape index (κ1) is 15.6. The molecule has 0 N–H and O–H groups in total. The van der Waals surface area contributed by atoms with Gasteiger partial charge in [-0.05, 0) is 6.92 Å². The fourth-order valence-corrected chi connectivity index (χ4v) is 0.402. The number of hydrogen-bond acceptors (Lipinski definition) is 4. The Hall–Kier alpha value is -1.84. The van der Waals surface area contributed by atoms with E-state index in [2.05, 4.69) is 29.2 Å². The summed E-state index contributed by atoms with van der Waals surface area (Å²) in [7, 11) is 0. The fourth-order valence-electron chi connectivity index (χ4n) is 0.402. The molecule has 0 radical (unpaired) electrons. The maximum atomic E-state index is 10.4. The van der Waals surface area contributed by atoms with Crippen LogP contribution in [0.4, 0.5) is 0 Å². The highest BCUT2D eigenvalue weighted by Gasteiger charge is 1.97. The molecule has 15 heavy (non-hydrogen) atoms. The average Bonchev–Trinajstić information content (AvgIpc) is 2.24. The first-order valence-electron chi connectivity index (χ1n) is 4.27. The Bertz CT molecular complexity index is 209. The average molecular weight is 212 g/mol. The van der Waals surface area contributed by atoms with Gasteiger partial charge in [0.05, 0.1) is 0 Å². The maximum absolute atomic E-state index is 10.4. The smallest absolute Gasteiger partial charge is 0.330 e. The van der Waals surface area contributed by atoms with E-state index in [-0.39, 0.29) is 13.2 Å². The molecule has 0 aromatic heterocycles. The van der Waals surface area contributed by atoms with E-state index in [0.29, 0.717) is 0 Å². The fraction of sp³-hybridized carbons (Fsp3) is 0.273. The van der Waals surface area contributed by atoms with Crippen LogP contribution in [-0.4, -0.2) is 25.2 Å². The van der Waals surface area contributed by atoms with Crippen LogP contribution >= 0.6 is 0 Å². The molecular formula is C11H16O4. The highest BCUT2D eigenvalue weighted by atomic mass is 16.6. The van der Waals surface area contributed by atoms with E-state index in [1.807, 2.05) is 6.92 Å². The topological polar surface area (TPSA) is 52.6 Å². The quantitative estimate of drug-likeness (QED) is 0.301. The molecule has 0 aliphatic rings. The number of hydrogen-bond donors (Lipinski definition) is 0. The van der Waals surface area contributed by atoms with Gasteiger partial charge in [-0.1, -0.05) is 19.2 Å². The van der Waals surface area contributed by atoms with E-state index in [9.17, 15) is 9.59 Å². The van der Waals surface area contributed by atoms with Gasteiger partial charge in [0.25, 0.3) is 0 Å². The van der Waals surface area contributed by atoms with Gasteiger partial charge in [-0.25, -0.2) is 9.59 Å². The van der Waals surface area contributed by atoms with Crippen LogP contribution in [0.25, 0.3) is 0 Å². The summed E-state index contributed by atoms with van der Waals surface area (Å²) < 4.78 is 9.04. The normalized spacial score (nSPS) is 7.53. The number of rotatable bonds is 5. The molecule has 0 aromatic carbocycles. The van der Waals surface area contributed by atoms with Crippen LogP contribution in [0.2, 0.25) is 0 Å². The van der Waals surface area contributed by atoms with Gasteiger partial charge in [-0.15, -0.1) is 6.58 Å². The zero-order valence-electron chi connectivity index (χ0n) is 8.90. The number of carbonyl (C=O) groups is 2. The Balaban J connectivity index is 0. The number of esters is 2. The zero-order valence-corrected chi connectivity index (χ0v) is 8.90. The summed E-state index contributed by atoms with van der Waals surface area (Å²) >= 11 is 0. The van der Waals surface area contributed by atoms with E-state index in [1.165, 1.54) is 0 Å². The third-order valence-electron chi connectivity index (χ3n) is 0.905. The Morgan fingerprint density at radius 1 is 1.00 bits per heavy atom. The first-order chi connectivity index (χ1) is 7.12. The monoisotopic (exact) mass is 212 g/mol. The minimum atomic E-state index is -0.537. The molecule has 0 spiro atoms. The van der Waals surface area contributed by atoms with Crippen molar-refractivity contribution in [3.63, 3.8) is 0 Å². The predicted molar refractivity (Wildman–Crippen MR) is 58.2 cm³/mol. The molecule has 0 saturated carbocycles. The third kappa shape index (κ3) is 15.0. The van der Waals surface area contributed by atoms with Crippen molar-refractivity contribution in [2.75, 3.05) is 13.2 Å². The Morgan fingerprint density at radius 2 is 1.27 bits per heavy atom. The van der Waals surface area contributed by atoms with Gasteiger partial charge in [0.15, 0.2) is 0 Å². The summed E-state index contributed by atoms with van der Waals surface area (Å²) in [5.74, 6) is -1.07. The lowest BCUT2D eigenvalue weighted by Crippen LogP contribution is -2.10. The molecule has 0 saturated heterocycles. The Kier molecular flexibility index (Phi) is 12.7. The summed E-state index contributed by atoms with van der Waals surface area (Å²) in [6, 6.07) is 0. The largest absolute Gasteiger partial charge is 0.459 e. The van der Waals surface area contributed by atoms with Gasteiger partial charge < -0.3 is 9.47 Å². The molecule has 0 aliphatic carbocycles. The molecule has 0 atom stereocenters. The summed E-state index contributed by atoms with van der Waals surface area (Å²) in [4.78, 5) is 20.9. The lowest BCUT2D eigenvalue weighted by atomic mass is 10.6. The molecule has 0 bridgehead atoms. The molecular weight excluding hydrogens is 196 g/mol. The van der Waals surface area contributed by atoms with E-state index in [1.54, 1.807) is 6.08 Å². The maximum Gasteiger partial charge on any atom is 0.330 e. The van der Waals surface area contributed by atoms with Crippen molar-refractivity contribution < 1.29 is 19.1 Å². The van der Waals surface area contributed by atoms with Gasteiger partial charge in [-0.3, -0.25) is 0 Å². The van der Waals surface area contributed by atoms with Crippen molar-refractivity contribution in [1.29, 1.82) is 0 Å². The number of ether oxygens (including phenoxy) is 2. The van der Waals surface area contributed by atoms with E-state index in [0.717, 1.165) is 12.2 Å². The highest BCUT2D eigenvalue weighted by molar-refractivity contribution is 5.81. The minimum Gasteiger partial charge on any atom is -0.459 e. The van der Waals surface area contributed by atoms with Crippen LogP contribution in [-0.2, 0) is 19.1 Å². The highest BCUT2D eigenvalue weighted by Crippen LogP contribution is 1.82. The Morgan fingerprint density at radius 3 is 1.47 bits per heavy atom. The van der Waals surface area contributed by atoms with Gasteiger partial charge >= 0.3 is 11.9 Å². The lowest BCUT2D eigenvalue weighted by molar-refractivity contribution is -0.146. The summed E-state index contributed by atoms with van der Waals surface area (Å²) in [5, 5.41) is 0. The molecule has 0 rings (SSSR count). The van der Waals surface area contributed by atoms with E-state index >= 15 is 0 Å². The number of carbonyl (C=O) groups excluding carboxylic acids is 2. The van der Waals surface area contributed by atoms with Crippen LogP contribution in [0.1, 0.15) is 6.92 Å². The molecule has 0 aliphatic heterocycles. The molecule has 0 amide bonds. The van der Waals surface area contributed by atoms with Crippen molar-refractivity contribution in [3.8, 4) is 0 Å². The second-order valence-corrected chi connectivity index (χ2v) is 2.15. The summed E-state index contributed by atoms with van der Waals surface area (Å²) in [6.45, 7) is 11.7. The van der Waals surface area contributed by atoms with Crippen molar-refractivity contribution in [2.24, 2.45) is 0 Å².